The van der Waals surface area contributed by atoms with Crippen molar-refractivity contribution in [2.45, 2.75) is 6.42 Å². The zero-order valence-corrected chi connectivity index (χ0v) is 12.1. The van der Waals surface area contributed by atoms with Crippen molar-refractivity contribution in [1.29, 1.82) is 0 Å². The molecule has 3 aromatic carbocycles. The van der Waals surface area contributed by atoms with Crippen LogP contribution in [0, 0.1) is 0 Å². The first-order valence-electron chi connectivity index (χ1n) is 6.94. The smallest absolute Gasteiger partial charge is 0.00196 e. The van der Waals surface area contributed by atoms with E-state index in [4.69, 9.17) is 0 Å². The monoisotopic (exact) mass is 263 g/mol. The van der Waals surface area contributed by atoms with E-state index in [0.717, 1.165) is 6.42 Å². The number of rotatable bonds is 2. The van der Waals surface area contributed by atoms with Crippen LogP contribution in [0.3, 0.4) is 0 Å². The molecular weight excluding hydrogens is 242 g/mol. The molecule has 0 spiro atoms. The molecule has 0 aliphatic rings. The molecule has 1 heteroatoms. The lowest BCUT2D eigenvalue weighted by Crippen LogP contribution is -1.89. The summed E-state index contributed by atoms with van der Waals surface area (Å²) in [6, 6.07) is 25.7. The Morgan fingerprint density at radius 2 is 1.30 bits per heavy atom. The second kappa shape index (κ2) is 7.46. The summed E-state index contributed by atoms with van der Waals surface area (Å²) in [4.78, 5) is 0. The van der Waals surface area contributed by atoms with Crippen molar-refractivity contribution < 1.29 is 0 Å². The normalized spacial score (nSPS) is 9.90. The number of nitrogens with one attached hydrogen (secondary N) is 1. The largest absolute Gasteiger partial charge is 0.323 e. The molecule has 0 radical (unpaired) electrons. The summed E-state index contributed by atoms with van der Waals surface area (Å²) in [7, 11) is 3.75. The van der Waals surface area contributed by atoms with Gasteiger partial charge in [-0.2, -0.15) is 0 Å². The van der Waals surface area contributed by atoms with Gasteiger partial charge < -0.3 is 5.32 Å². The average Bonchev–Trinajstić information content (AvgIpc) is 2.50. The van der Waals surface area contributed by atoms with E-state index in [1.54, 1.807) is 0 Å². The van der Waals surface area contributed by atoms with Crippen molar-refractivity contribution in [3.8, 4) is 0 Å². The highest BCUT2D eigenvalue weighted by Gasteiger charge is 2.00. The second-order valence-corrected chi connectivity index (χ2v) is 4.80. The van der Waals surface area contributed by atoms with E-state index in [1.807, 2.05) is 14.1 Å². The Bertz CT molecular complexity index is 639. The maximum absolute atomic E-state index is 2.75. The van der Waals surface area contributed by atoms with E-state index >= 15 is 0 Å². The van der Waals surface area contributed by atoms with Crippen molar-refractivity contribution in [2.75, 3.05) is 14.1 Å². The van der Waals surface area contributed by atoms with Crippen LogP contribution >= 0.6 is 0 Å². The molecule has 0 atom stereocenters. The summed E-state index contributed by atoms with van der Waals surface area (Å²) in [5.41, 5.74) is 2.76. The second-order valence-electron chi connectivity index (χ2n) is 4.80. The van der Waals surface area contributed by atoms with Crippen LogP contribution in [0.25, 0.3) is 10.8 Å². The van der Waals surface area contributed by atoms with Crippen LogP contribution in [0.15, 0.2) is 72.8 Å². The van der Waals surface area contributed by atoms with Gasteiger partial charge in [0.1, 0.15) is 0 Å². The summed E-state index contributed by atoms with van der Waals surface area (Å²) < 4.78 is 0. The molecule has 0 aromatic heterocycles. The molecule has 102 valence electrons. The fourth-order valence-corrected chi connectivity index (χ4v) is 2.26. The molecule has 3 aromatic rings. The van der Waals surface area contributed by atoms with Gasteiger partial charge in [-0.1, -0.05) is 72.8 Å². The molecule has 0 amide bonds. The van der Waals surface area contributed by atoms with E-state index in [1.165, 1.54) is 21.9 Å². The Labute approximate surface area is 121 Å². The van der Waals surface area contributed by atoms with Crippen molar-refractivity contribution in [2.24, 2.45) is 0 Å². The fraction of sp³-hybridized carbons (Fsp3) is 0.158. The molecule has 20 heavy (non-hydrogen) atoms. The maximum atomic E-state index is 2.75. The van der Waals surface area contributed by atoms with Crippen LogP contribution in [0.1, 0.15) is 11.1 Å². The van der Waals surface area contributed by atoms with Gasteiger partial charge >= 0.3 is 0 Å². The van der Waals surface area contributed by atoms with Crippen LogP contribution in [-0.2, 0) is 6.42 Å². The number of fused-ring (bicyclic) bond motifs is 1. The predicted molar refractivity (Wildman–Crippen MR) is 88.2 cm³/mol. The maximum Gasteiger partial charge on any atom is -0.00196 e. The Hall–Kier alpha value is -2.12. The average molecular weight is 263 g/mol. The zero-order chi connectivity index (χ0) is 14.2. The molecule has 1 N–H and O–H groups in total. The lowest BCUT2D eigenvalue weighted by atomic mass is 9.99. The van der Waals surface area contributed by atoms with Gasteiger partial charge in [-0.15, -0.1) is 0 Å². The molecule has 0 unspecified atom stereocenters. The molecule has 0 fully saturated rings. The summed E-state index contributed by atoms with van der Waals surface area (Å²) in [5, 5.41) is 5.43. The van der Waals surface area contributed by atoms with Gasteiger partial charge in [-0.25, -0.2) is 0 Å². The molecule has 0 bridgehead atoms. The first-order valence-corrected chi connectivity index (χ1v) is 6.94. The van der Waals surface area contributed by atoms with E-state index in [-0.39, 0.29) is 0 Å². The summed E-state index contributed by atoms with van der Waals surface area (Å²) in [5.74, 6) is 0. The first-order chi connectivity index (χ1) is 9.85. The third-order valence-corrected chi connectivity index (χ3v) is 3.12. The van der Waals surface area contributed by atoms with Gasteiger partial charge in [-0.05, 0) is 42.4 Å². The van der Waals surface area contributed by atoms with Crippen LogP contribution in [-0.4, -0.2) is 14.1 Å². The Morgan fingerprint density at radius 3 is 2.05 bits per heavy atom. The number of benzene rings is 3. The van der Waals surface area contributed by atoms with E-state index in [2.05, 4.69) is 78.1 Å². The minimum atomic E-state index is 1.00. The first kappa shape index (κ1) is 14.3. The molecule has 3 rings (SSSR count). The Kier molecular flexibility index (Phi) is 5.33. The molecule has 0 saturated carbocycles. The zero-order valence-electron chi connectivity index (χ0n) is 12.1. The summed E-state index contributed by atoms with van der Waals surface area (Å²) in [6.07, 6.45) is 1.00. The third-order valence-electron chi connectivity index (χ3n) is 3.12. The molecule has 0 aliphatic carbocycles. The van der Waals surface area contributed by atoms with Crippen LogP contribution in [0.4, 0.5) is 0 Å². The van der Waals surface area contributed by atoms with E-state index in [9.17, 15) is 0 Å². The highest BCUT2D eigenvalue weighted by atomic mass is 14.7. The van der Waals surface area contributed by atoms with Crippen molar-refractivity contribution >= 4 is 10.8 Å². The van der Waals surface area contributed by atoms with Gasteiger partial charge in [0.05, 0.1) is 0 Å². The van der Waals surface area contributed by atoms with Gasteiger partial charge in [0.15, 0.2) is 0 Å². The van der Waals surface area contributed by atoms with Gasteiger partial charge in [0.2, 0.25) is 0 Å². The topological polar surface area (TPSA) is 12.0 Å². The Balaban J connectivity index is 0.000000452. The van der Waals surface area contributed by atoms with Crippen LogP contribution in [0.2, 0.25) is 0 Å². The third kappa shape index (κ3) is 3.69. The number of hydrogen-bond donors (Lipinski definition) is 1. The fourth-order valence-electron chi connectivity index (χ4n) is 2.26. The van der Waals surface area contributed by atoms with Crippen LogP contribution in [0.5, 0.6) is 0 Å². The summed E-state index contributed by atoms with van der Waals surface area (Å²) >= 11 is 0. The van der Waals surface area contributed by atoms with Crippen molar-refractivity contribution in [3.63, 3.8) is 0 Å². The highest BCUT2D eigenvalue weighted by molar-refractivity contribution is 5.85. The SMILES string of the molecule is CNC.c1ccc(Cc2cccc3ccccc23)cc1. The summed E-state index contributed by atoms with van der Waals surface area (Å²) in [6.45, 7) is 0. The molecule has 0 heterocycles. The number of hydrogen-bond acceptors (Lipinski definition) is 1. The molecule has 0 saturated heterocycles. The minimum Gasteiger partial charge on any atom is -0.323 e. The highest BCUT2D eigenvalue weighted by Crippen LogP contribution is 2.21. The van der Waals surface area contributed by atoms with Gasteiger partial charge in [0.25, 0.3) is 0 Å². The van der Waals surface area contributed by atoms with Crippen molar-refractivity contribution in [3.05, 3.63) is 83.9 Å². The lowest BCUT2D eigenvalue weighted by molar-refractivity contribution is 1.02. The van der Waals surface area contributed by atoms with Gasteiger partial charge in [-0.3, -0.25) is 0 Å². The predicted octanol–water partition coefficient (Wildman–Crippen LogP) is 4.27. The van der Waals surface area contributed by atoms with Crippen molar-refractivity contribution in [1.82, 2.24) is 5.32 Å². The molecule has 1 nitrogen and oxygen atoms in total. The molecule has 0 aliphatic heterocycles. The Morgan fingerprint density at radius 1 is 0.700 bits per heavy atom. The minimum absolute atomic E-state index is 1.00. The van der Waals surface area contributed by atoms with Gasteiger partial charge in [0, 0.05) is 0 Å². The van der Waals surface area contributed by atoms with Crippen LogP contribution < -0.4 is 5.32 Å². The molecular formula is C19H21N. The van der Waals surface area contributed by atoms with E-state index in [0.29, 0.717) is 0 Å². The quantitative estimate of drug-likeness (QED) is 0.728. The standard InChI is InChI=1S/C17H14.C2H7N/c1-2-7-14(8-3-1)13-16-11-6-10-15-9-4-5-12-17(15)16;1-3-2/h1-12H,13H2;3H,1-2H3. The lowest BCUT2D eigenvalue weighted by Gasteiger charge is -2.06. The van der Waals surface area contributed by atoms with E-state index < -0.39 is 0 Å².